The van der Waals surface area contributed by atoms with Crippen molar-refractivity contribution < 1.29 is 14.3 Å². The van der Waals surface area contributed by atoms with Crippen LogP contribution in [0.25, 0.3) is 0 Å². The lowest BCUT2D eigenvalue weighted by Gasteiger charge is -2.16. The lowest BCUT2D eigenvalue weighted by molar-refractivity contribution is 0.103. The Labute approximate surface area is 133 Å². The number of ether oxygens (including phenoxy) is 1. The average molecular weight is 318 g/mol. The Bertz CT molecular complexity index is 664. The zero-order chi connectivity index (χ0) is 16.1. The second kappa shape index (κ2) is 7.09. The molecule has 0 aliphatic heterocycles. The van der Waals surface area contributed by atoms with Crippen molar-refractivity contribution in [1.29, 1.82) is 0 Å². The number of anilines is 2. The molecule has 0 saturated carbocycles. The van der Waals surface area contributed by atoms with Crippen molar-refractivity contribution in [2.45, 2.75) is 13.8 Å². The fourth-order valence-electron chi connectivity index (χ4n) is 1.84. The summed E-state index contributed by atoms with van der Waals surface area (Å²) in [4.78, 5) is 26.9. The van der Waals surface area contributed by atoms with Crippen LogP contribution in [0.5, 0.6) is 0 Å². The Balaban J connectivity index is 2.03. The number of hydrogen-bond acceptors (Lipinski definition) is 4. The van der Waals surface area contributed by atoms with Crippen LogP contribution in [0.4, 0.5) is 16.2 Å². The van der Waals surface area contributed by atoms with Gasteiger partial charge in [0.25, 0.3) is 5.91 Å². The summed E-state index contributed by atoms with van der Waals surface area (Å²) in [5, 5.41) is 2.83. The normalized spacial score (nSPS) is 10.1. The monoisotopic (exact) mass is 318 g/mol. The summed E-state index contributed by atoms with van der Waals surface area (Å²) in [5.41, 5.74) is 1.38. The summed E-state index contributed by atoms with van der Waals surface area (Å²) in [6.07, 6.45) is -0.409. The number of nitrogens with zero attached hydrogens (tertiary/aromatic N) is 1. The zero-order valence-corrected chi connectivity index (χ0v) is 13.6. The quantitative estimate of drug-likeness (QED) is 0.930. The molecule has 6 heteroatoms. The summed E-state index contributed by atoms with van der Waals surface area (Å²) in [7, 11) is 1.64. The summed E-state index contributed by atoms with van der Waals surface area (Å²) < 4.78 is 4.93. The molecule has 1 heterocycles. The maximum Gasteiger partial charge on any atom is 0.413 e. The van der Waals surface area contributed by atoms with E-state index >= 15 is 0 Å². The lowest BCUT2D eigenvalue weighted by atomic mass is 10.2. The molecule has 1 aromatic heterocycles. The van der Waals surface area contributed by atoms with Gasteiger partial charge in [0, 0.05) is 23.3 Å². The van der Waals surface area contributed by atoms with Gasteiger partial charge in [-0.2, -0.15) is 0 Å². The highest BCUT2D eigenvalue weighted by Gasteiger charge is 2.12. The number of amides is 2. The van der Waals surface area contributed by atoms with Crippen molar-refractivity contribution in [3.05, 3.63) is 46.2 Å². The minimum absolute atomic E-state index is 0.135. The second-order valence-electron chi connectivity index (χ2n) is 4.67. The zero-order valence-electron chi connectivity index (χ0n) is 12.8. The molecule has 0 bridgehead atoms. The van der Waals surface area contributed by atoms with E-state index in [2.05, 4.69) is 5.32 Å². The predicted molar refractivity (Wildman–Crippen MR) is 88.9 cm³/mol. The van der Waals surface area contributed by atoms with E-state index in [9.17, 15) is 9.59 Å². The first-order valence-electron chi connectivity index (χ1n) is 6.89. The largest absolute Gasteiger partial charge is 0.449 e. The van der Waals surface area contributed by atoms with Crippen molar-refractivity contribution >= 4 is 34.7 Å². The Morgan fingerprint density at radius 3 is 2.41 bits per heavy atom. The summed E-state index contributed by atoms with van der Waals surface area (Å²) >= 11 is 1.45. The van der Waals surface area contributed by atoms with Gasteiger partial charge in [0.15, 0.2) is 0 Å². The molecule has 0 fully saturated rings. The molecule has 116 valence electrons. The number of rotatable bonds is 4. The van der Waals surface area contributed by atoms with Crippen molar-refractivity contribution in [2.75, 3.05) is 23.9 Å². The number of carbonyl (C=O) groups is 2. The molecule has 0 saturated heterocycles. The van der Waals surface area contributed by atoms with E-state index in [1.165, 1.54) is 16.2 Å². The Kier molecular flexibility index (Phi) is 5.16. The average Bonchev–Trinajstić information content (AvgIpc) is 2.94. The van der Waals surface area contributed by atoms with Crippen LogP contribution in [0, 0.1) is 6.92 Å². The topological polar surface area (TPSA) is 58.6 Å². The third-order valence-corrected chi connectivity index (χ3v) is 4.02. The molecule has 22 heavy (non-hydrogen) atoms. The summed E-state index contributed by atoms with van der Waals surface area (Å²) in [6, 6.07) is 10.7. The van der Waals surface area contributed by atoms with Crippen LogP contribution in [0.1, 0.15) is 21.5 Å². The molecule has 1 aromatic carbocycles. The van der Waals surface area contributed by atoms with Crippen LogP contribution >= 0.6 is 11.3 Å². The molecule has 0 atom stereocenters. The van der Waals surface area contributed by atoms with Crippen LogP contribution in [0.15, 0.2) is 36.4 Å². The highest BCUT2D eigenvalue weighted by molar-refractivity contribution is 7.14. The van der Waals surface area contributed by atoms with Gasteiger partial charge in [-0.25, -0.2) is 4.79 Å². The molecule has 2 rings (SSSR count). The molecule has 5 nitrogen and oxygen atoms in total. The highest BCUT2D eigenvalue weighted by atomic mass is 32.1. The van der Waals surface area contributed by atoms with Crippen molar-refractivity contribution in [3.63, 3.8) is 0 Å². The van der Waals surface area contributed by atoms with E-state index in [4.69, 9.17) is 4.74 Å². The molecule has 1 N–H and O–H groups in total. The molecular weight excluding hydrogens is 300 g/mol. The molecule has 0 aliphatic rings. The van der Waals surface area contributed by atoms with Crippen LogP contribution < -0.4 is 10.2 Å². The third kappa shape index (κ3) is 3.85. The van der Waals surface area contributed by atoms with E-state index in [-0.39, 0.29) is 5.91 Å². The minimum Gasteiger partial charge on any atom is -0.449 e. The number of benzene rings is 1. The smallest absolute Gasteiger partial charge is 0.413 e. The molecule has 2 amide bonds. The first kappa shape index (κ1) is 16.0. The third-order valence-electron chi connectivity index (χ3n) is 3.02. The van der Waals surface area contributed by atoms with Crippen molar-refractivity contribution in [1.82, 2.24) is 0 Å². The van der Waals surface area contributed by atoms with E-state index in [0.717, 1.165) is 4.88 Å². The fourth-order valence-corrected chi connectivity index (χ4v) is 2.61. The first-order valence-corrected chi connectivity index (χ1v) is 7.71. The van der Waals surface area contributed by atoms with Gasteiger partial charge in [-0.15, -0.1) is 11.3 Å². The van der Waals surface area contributed by atoms with Gasteiger partial charge >= 0.3 is 6.09 Å². The Morgan fingerprint density at radius 1 is 1.18 bits per heavy atom. The predicted octanol–water partition coefficient (Wildman–Crippen LogP) is 3.90. The minimum atomic E-state index is -0.409. The lowest BCUT2D eigenvalue weighted by Crippen LogP contribution is -2.26. The number of nitrogens with one attached hydrogen (secondary N) is 1. The maximum atomic E-state index is 12.1. The molecule has 0 spiro atoms. The Morgan fingerprint density at radius 2 is 1.86 bits per heavy atom. The molecule has 0 unspecified atom stereocenters. The van der Waals surface area contributed by atoms with Gasteiger partial charge in [-0.1, -0.05) is 0 Å². The molecule has 2 aromatic rings. The fraction of sp³-hybridized carbons (Fsp3) is 0.250. The van der Waals surface area contributed by atoms with Crippen LogP contribution in [-0.2, 0) is 4.74 Å². The van der Waals surface area contributed by atoms with Gasteiger partial charge in [0.05, 0.1) is 11.5 Å². The molecule has 0 aliphatic carbocycles. The van der Waals surface area contributed by atoms with Crippen LogP contribution in [0.2, 0.25) is 0 Å². The van der Waals surface area contributed by atoms with Gasteiger partial charge in [0.2, 0.25) is 0 Å². The molecule has 0 radical (unpaired) electrons. The van der Waals surface area contributed by atoms with Crippen molar-refractivity contribution in [2.24, 2.45) is 0 Å². The van der Waals surface area contributed by atoms with Crippen molar-refractivity contribution in [3.8, 4) is 0 Å². The highest BCUT2D eigenvalue weighted by Crippen LogP contribution is 2.20. The second-order valence-corrected chi connectivity index (χ2v) is 5.96. The number of hydrogen-bond donors (Lipinski definition) is 1. The van der Waals surface area contributed by atoms with Crippen LogP contribution in [0.3, 0.4) is 0 Å². The summed E-state index contributed by atoms with van der Waals surface area (Å²) in [6.45, 7) is 4.05. The van der Waals surface area contributed by atoms with Gasteiger partial charge in [0.1, 0.15) is 0 Å². The molecular formula is C16H18N2O3S. The SMILES string of the molecule is CCOC(=O)N(C)c1ccc(NC(=O)c2ccc(C)s2)cc1. The number of thiophene rings is 1. The van der Waals surface area contributed by atoms with Gasteiger partial charge in [-0.3, -0.25) is 9.69 Å². The number of aryl methyl sites for hydroxylation is 1. The first-order chi connectivity index (χ1) is 10.5. The van der Waals surface area contributed by atoms with E-state index < -0.39 is 6.09 Å². The Hall–Kier alpha value is -2.34. The van der Waals surface area contributed by atoms with E-state index in [0.29, 0.717) is 22.9 Å². The van der Waals surface area contributed by atoms with E-state index in [1.807, 2.05) is 13.0 Å². The van der Waals surface area contributed by atoms with E-state index in [1.54, 1.807) is 44.3 Å². The van der Waals surface area contributed by atoms with Gasteiger partial charge < -0.3 is 10.1 Å². The number of carbonyl (C=O) groups excluding carboxylic acids is 2. The standard InChI is InChI=1S/C16H18N2O3S/c1-4-21-16(20)18(3)13-8-6-12(7-9-13)17-15(19)14-10-5-11(2)22-14/h5-10H,4H2,1-3H3,(H,17,19). The van der Waals surface area contributed by atoms with Crippen LogP contribution in [-0.4, -0.2) is 25.7 Å². The maximum absolute atomic E-state index is 12.1. The van der Waals surface area contributed by atoms with Gasteiger partial charge in [-0.05, 0) is 50.2 Å². The summed E-state index contributed by atoms with van der Waals surface area (Å²) in [5.74, 6) is -0.135.